The van der Waals surface area contributed by atoms with Gasteiger partial charge < -0.3 is 5.11 Å². The number of nitrogens with zero attached hydrogens (tertiary/aromatic N) is 1. The van der Waals surface area contributed by atoms with Gasteiger partial charge in [0.15, 0.2) is 0 Å². The smallest absolute Gasteiger partial charge is 0.326 e. The number of carboxylic acids is 1. The van der Waals surface area contributed by atoms with Crippen LogP contribution in [0.4, 0.5) is 0 Å². The van der Waals surface area contributed by atoms with Crippen LogP contribution in [-0.4, -0.2) is 33.8 Å². The zero-order valence-electron chi connectivity index (χ0n) is 10.6. The molecule has 0 aromatic heterocycles. The summed E-state index contributed by atoms with van der Waals surface area (Å²) in [5.41, 5.74) is 0. The number of carbonyl (C=O) groups is 3. The molecule has 2 amide bonds. The fourth-order valence-electron chi connectivity index (χ4n) is 2.05. The molecule has 0 radical (unpaired) electrons. The zero-order chi connectivity index (χ0) is 13.3. The van der Waals surface area contributed by atoms with Crippen molar-refractivity contribution in [3.8, 4) is 0 Å². The number of carbonyl (C=O) groups excluding carboxylic acids is 2. The average Bonchev–Trinajstić information content (AvgIpc) is 2.40. The van der Waals surface area contributed by atoms with Crippen LogP contribution in [0.1, 0.15) is 34.1 Å². The summed E-state index contributed by atoms with van der Waals surface area (Å²) in [4.78, 5) is 35.9. The lowest BCUT2D eigenvalue weighted by Gasteiger charge is -2.24. The van der Waals surface area contributed by atoms with Crippen molar-refractivity contribution in [2.24, 2.45) is 17.8 Å². The van der Waals surface area contributed by atoms with E-state index in [9.17, 15) is 14.4 Å². The number of likely N-dealkylation sites (tertiary alicyclic amines) is 1. The third-order valence-corrected chi connectivity index (χ3v) is 3.30. The van der Waals surface area contributed by atoms with Crippen LogP contribution in [0, 0.1) is 17.8 Å². The number of imide groups is 1. The highest BCUT2D eigenvalue weighted by Gasteiger charge is 2.47. The Morgan fingerprint density at radius 2 is 1.65 bits per heavy atom. The summed E-state index contributed by atoms with van der Waals surface area (Å²) in [5.74, 6) is -2.57. The molecular formula is C12H19NO4. The van der Waals surface area contributed by atoms with Crippen LogP contribution in [0.3, 0.4) is 0 Å². The van der Waals surface area contributed by atoms with Crippen LogP contribution in [0.2, 0.25) is 0 Å². The van der Waals surface area contributed by atoms with Gasteiger partial charge in [0.2, 0.25) is 11.8 Å². The molecule has 3 atom stereocenters. The molecule has 1 heterocycles. The predicted molar refractivity (Wildman–Crippen MR) is 61.1 cm³/mol. The van der Waals surface area contributed by atoms with E-state index in [0.717, 1.165) is 4.90 Å². The molecule has 1 rings (SSSR count). The first kappa shape index (κ1) is 13.7. The largest absolute Gasteiger partial charge is 0.480 e. The molecule has 96 valence electrons. The van der Waals surface area contributed by atoms with Crippen molar-refractivity contribution >= 4 is 17.8 Å². The second kappa shape index (κ2) is 4.85. The third kappa shape index (κ3) is 2.48. The molecular weight excluding hydrogens is 222 g/mol. The van der Waals surface area contributed by atoms with Gasteiger partial charge in [0.05, 0.1) is 0 Å². The van der Waals surface area contributed by atoms with Crippen LogP contribution in [-0.2, 0) is 14.4 Å². The summed E-state index contributed by atoms with van der Waals surface area (Å²) in [6.45, 7) is 7.07. The Bertz CT molecular complexity index is 330. The number of carboxylic acid groups (broad SMARTS) is 1. The Kier molecular flexibility index (Phi) is 3.91. The van der Waals surface area contributed by atoms with E-state index in [1.54, 1.807) is 13.8 Å². The van der Waals surface area contributed by atoms with Crippen molar-refractivity contribution in [1.82, 2.24) is 4.90 Å². The summed E-state index contributed by atoms with van der Waals surface area (Å²) in [6, 6.07) is -1.03. The molecule has 1 N–H and O–H groups in total. The molecule has 3 unspecified atom stereocenters. The van der Waals surface area contributed by atoms with Gasteiger partial charge in [-0.05, 0) is 12.3 Å². The van der Waals surface area contributed by atoms with E-state index < -0.39 is 23.8 Å². The number of rotatable bonds is 4. The number of amides is 2. The van der Waals surface area contributed by atoms with E-state index in [0.29, 0.717) is 6.42 Å². The Morgan fingerprint density at radius 1 is 1.24 bits per heavy atom. The second-order valence-electron chi connectivity index (χ2n) is 5.11. The first-order chi connectivity index (χ1) is 7.77. The van der Waals surface area contributed by atoms with Crippen LogP contribution in [0.25, 0.3) is 0 Å². The third-order valence-electron chi connectivity index (χ3n) is 3.30. The summed E-state index contributed by atoms with van der Waals surface area (Å²) in [7, 11) is 0. The van der Waals surface area contributed by atoms with Crippen molar-refractivity contribution in [1.29, 1.82) is 0 Å². The molecule has 0 aromatic carbocycles. The lowest BCUT2D eigenvalue weighted by molar-refractivity contribution is -0.155. The van der Waals surface area contributed by atoms with Crippen LogP contribution in [0.15, 0.2) is 0 Å². The van der Waals surface area contributed by atoms with E-state index in [2.05, 4.69) is 0 Å². The average molecular weight is 241 g/mol. The number of aliphatic carboxylic acids is 1. The second-order valence-corrected chi connectivity index (χ2v) is 5.11. The van der Waals surface area contributed by atoms with E-state index in [1.807, 2.05) is 13.8 Å². The molecule has 1 fully saturated rings. The monoisotopic (exact) mass is 241 g/mol. The van der Waals surface area contributed by atoms with Crippen molar-refractivity contribution in [3.05, 3.63) is 0 Å². The topological polar surface area (TPSA) is 74.7 Å². The molecule has 5 nitrogen and oxygen atoms in total. The molecule has 0 saturated carbocycles. The molecule has 0 aliphatic carbocycles. The predicted octanol–water partition coefficient (Wildman–Crippen LogP) is 1.13. The molecule has 17 heavy (non-hydrogen) atoms. The van der Waals surface area contributed by atoms with Crippen molar-refractivity contribution < 1.29 is 19.5 Å². The van der Waals surface area contributed by atoms with Gasteiger partial charge in [0.25, 0.3) is 0 Å². The van der Waals surface area contributed by atoms with Crippen molar-refractivity contribution in [2.75, 3.05) is 0 Å². The lowest BCUT2D eigenvalue weighted by Crippen LogP contribution is -2.46. The van der Waals surface area contributed by atoms with Crippen LogP contribution >= 0.6 is 0 Å². The first-order valence-corrected chi connectivity index (χ1v) is 5.87. The van der Waals surface area contributed by atoms with Crippen LogP contribution < -0.4 is 0 Å². The lowest BCUT2D eigenvalue weighted by atomic mass is 10.00. The normalized spacial score (nSPS) is 26.8. The minimum atomic E-state index is -1.11. The minimum absolute atomic E-state index is 0.114. The van der Waals surface area contributed by atoms with E-state index in [4.69, 9.17) is 5.11 Å². The molecule has 5 heteroatoms. The Balaban J connectivity index is 2.99. The molecule has 1 saturated heterocycles. The fourth-order valence-corrected chi connectivity index (χ4v) is 2.05. The standard InChI is InChI=1S/C12H19NO4/c1-6(2)5-9(12(16)17)13-10(14)7(3)8(4)11(13)15/h6-9H,5H2,1-4H3,(H,16,17). The first-order valence-electron chi connectivity index (χ1n) is 5.87. The van der Waals surface area contributed by atoms with Gasteiger partial charge in [-0.15, -0.1) is 0 Å². The highest BCUT2D eigenvalue weighted by atomic mass is 16.4. The summed E-state index contributed by atoms with van der Waals surface area (Å²) < 4.78 is 0. The minimum Gasteiger partial charge on any atom is -0.480 e. The number of hydrogen-bond acceptors (Lipinski definition) is 3. The van der Waals surface area contributed by atoms with Crippen molar-refractivity contribution in [2.45, 2.75) is 40.2 Å². The maximum absolute atomic E-state index is 11.9. The quantitative estimate of drug-likeness (QED) is 0.748. The van der Waals surface area contributed by atoms with Crippen molar-refractivity contribution in [3.63, 3.8) is 0 Å². The molecule has 0 spiro atoms. The van der Waals surface area contributed by atoms with Gasteiger partial charge in [-0.3, -0.25) is 14.5 Å². The van der Waals surface area contributed by atoms with E-state index in [1.165, 1.54) is 0 Å². The maximum atomic E-state index is 11.9. The van der Waals surface area contributed by atoms with Gasteiger partial charge in [-0.25, -0.2) is 4.79 Å². The van der Waals surface area contributed by atoms with Crippen LogP contribution in [0.5, 0.6) is 0 Å². The molecule has 0 aromatic rings. The highest BCUT2D eigenvalue weighted by Crippen LogP contribution is 2.29. The fraction of sp³-hybridized carbons (Fsp3) is 0.750. The SMILES string of the molecule is CC(C)CC(C(=O)O)N1C(=O)C(C)C(C)C1=O. The zero-order valence-corrected chi connectivity index (χ0v) is 10.6. The highest BCUT2D eigenvalue weighted by molar-refractivity contribution is 6.07. The van der Waals surface area contributed by atoms with E-state index >= 15 is 0 Å². The Labute approximate surface area is 101 Å². The Morgan fingerprint density at radius 3 is 1.94 bits per heavy atom. The van der Waals surface area contributed by atoms with E-state index in [-0.39, 0.29) is 17.7 Å². The molecule has 1 aliphatic heterocycles. The maximum Gasteiger partial charge on any atom is 0.326 e. The summed E-state index contributed by atoms with van der Waals surface area (Å²) in [5, 5.41) is 9.14. The molecule has 1 aliphatic rings. The van der Waals surface area contributed by atoms with Gasteiger partial charge >= 0.3 is 5.97 Å². The van der Waals surface area contributed by atoms with Gasteiger partial charge in [-0.1, -0.05) is 27.7 Å². The summed E-state index contributed by atoms with van der Waals surface area (Å²) >= 11 is 0. The van der Waals surface area contributed by atoms with Gasteiger partial charge in [0, 0.05) is 11.8 Å². The molecule has 0 bridgehead atoms. The number of hydrogen-bond donors (Lipinski definition) is 1. The Hall–Kier alpha value is -1.39. The summed E-state index contributed by atoms with van der Waals surface area (Å²) in [6.07, 6.45) is 0.298. The van der Waals surface area contributed by atoms with Gasteiger partial charge in [0.1, 0.15) is 6.04 Å². The van der Waals surface area contributed by atoms with Gasteiger partial charge in [-0.2, -0.15) is 0 Å².